The summed E-state index contributed by atoms with van der Waals surface area (Å²) in [4.78, 5) is 5.62. The van der Waals surface area contributed by atoms with Crippen LogP contribution in [0.5, 0.6) is 0 Å². The molecule has 0 aromatic carbocycles. The third-order valence-corrected chi connectivity index (χ3v) is 2.73. The molecule has 3 nitrogen and oxygen atoms in total. The second kappa shape index (κ2) is 3.54. The van der Waals surface area contributed by atoms with Gasteiger partial charge in [-0.15, -0.1) is 0 Å². The van der Waals surface area contributed by atoms with Crippen LogP contribution in [0.4, 0.5) is 24.7 Å². The van der Waals surface area contributed by atoms with E-state index in [0.717, 1.165) is 19.0 Å². The van der Waals surface area contributed by atoms with Crippen molar-refractivity contribution in [1.82, 2.24) is 4.98 Å². The number of anilines is 2. The highest BCUT2D eigenvalue weighted by atomic mass is 19.4. The van der Waals surface area contributed by atoms with E-state index in [0.29, 0.717) is 17.8 Å². The number of rotatable bonds is 0. The summed E-state index contributed by atoms with van der Waals surface area (Å²) in [7, 11) is 1.76. The molecule has 2 heterocycles. The SMILES string of the molecule is CN1CCCc2nc(N)c(C(F)(F)F)cc21. The number of pyridine rings is 1. The lowest BCUT2D eigenvalue weighted by molar-refractivity contribution is -0.137. The van der Waals surface area contributed by atoms with Crippen LogP contribution < -0.4 is 10.6 Å². The Morgan fingerprint density at radius 2 is 2.12 bits per heavy atom. The predicted molar refractivity (Wildman–Crippen MR) is 55.2 cm³/mol. The van der Waals surface area contributed by atoms with Gasteiger partial charge >= 0.3 is 6.18 Å². The van der Waals surface area contributed by atoms with Gasteiger partial charge < -0.3 is 10.6 Å². The minimum atomic E-state index is -4.44. The van der Waals surface area contributed by atoms with Crippen LogP contribution in [0.1, 0.15) is 17.7 Å². The fourth-order valence-electron chi connectivity index (χ4n) is 1.90. The van der Waals surface area contributed by atoms with Gasteiger partial charge in [-0.1, -0.05) is 0 Å². The number of aryl methyl sites for hydroxylation is 1. The van der Waals surface area contributed by atoms with E-state index in [-0.39, 0.29) is 0 Å². The normalized spacial score (nSPS) is 16.1. The fraction of sp³-hybridized carbons (Fsp3) is 0.500. The number of fused-ring (bicyclic) bond motifs is 1. The van der Waals surface area contributed by atoms with Crippen molar-refractivity contribution in [3.8, 4) is 0 Å². The van der Waals surface area contributed by atoms with Crippen LogP contribution in [0, 0.1) is 0 Å². The summed E-state index contributed by atoms with van der Waals surface area (Å²) >= 11 is 0. The first-order chi connectivity index (χ1) is 7.39. The minimum Gasteiger partial charge on any atom is -0.383 e. The maximum atomic E-state index is 12.6. The number of hydrogen-bond donors (Lipinski definition) is 1. The molecule has 0 fully saturated rings. The van der Waals surface area contributed by atoms with E-state index in [1.165, 1.54) is 0 Å². The van der Waals surface area contributed by atoms with Crippen molar-refractivity contribution in [3.63, 3.8) is 0 Å². The average Bonchev–Trinajstić information content (AvgIpc) is 2.15. The Kier molecular flexibility index (Phi) is 2.44. The molecule has 0 aliphatic carbocycles. The summed E-state index contributed by atoms with van der Waals surface area (Å²) in [6.45, 7) is 0.746. The molecule has 1 aliphatic heterocycles. The molecule has 0 saturated heterocycles. The van der Waals surface area contributed by atoms with E-state index in [1.54, 1.807) is 11.9 Å². The second-order valence-corrected chi connectivity index (χ2v) is 3.91. The maximum absolute atomic E-state index is 12.6. The molecular weight excluding hydrogens is 219 g/mol. The van der Waals surface area contributed by atoms with Crippen molar-refractivity contribution < 1.29 is 13.2 Å². The monoisotopic (exact) mass is 231 g/mol. The molecule has 1 aromatic rings. The summed E-state index contributed by atoms with van der Waals surface area (Å²) in [5, 5.41) is 0. The molecule has 1 aromatic heterocycles. The van der Waals surface area contributed by atoms with Gasteiger partial charge in [0.05, 0.1) is 16.9 Å². The average molecular weight is 231 g/mol. The molecule has 0 spiro atoms. The van der Waals surface area contributed by atoms with Crippen LogP contribution in [0.25, 0.3) is 0 Å². The Balaban J connectivity index is 2.54. The van der Waals surface area contributed by atoms with Crippen molar-refractivity contribution in [2.75, 3.05) is 24.2 Å². The third-order valence-electron chi connectivity index (χ3n) is 2.73. The Morgan fingerprint density at radius 1 is 1.44 bits per heavy atom. The zero-order valence-corrected chi connectivity index (χ0v) is 8.80. The quantitative estimate of drug-likeness (QED) is 0.743. The van der Waals surface area contributed by atoms with E-state index in [2.05, 4.69) is 4.98 Å². The molecule has 1 aliphatic rings. The van der Waals surface area contributed by atoms with E-state index < -0.39 is 17.6 Å². The summed E-state index contributed by atoms with van der Waals surface area (Å²) in [5.41, 5.74) is 5.67. The van der Waals surface area contributed by atoms with E-state index in [4.69, 9.17) is 5.73 Å². The Hall–Kier alpha value is -1.46. The van der Waals surface area contributed by atoms with Gasteiger partial charge in [0.15, 0.2) is 0 Å². The van der Waals surface area contributed by atoms with Gasteiger partial charge in [0.25, 0.3) is 0 Å². The maximum Gasteiger partial charge on any atom is 0.420 e. The number of aromatic nitrogens is 1. The lowest BCUT2D eigenvalue weighted by Gasteiger charge is -2.27. The fourth-order valence-corrected chi connectivity index (χ4v) is 1.90. The van der Waals surface area contributed by atoms with Crippen molar-refractivity contribution in [1.29, 1.82) is 0 Å². The van der Waals surface area contributed by atoms with Crippen molar-refractivity contribution in [2.45, 2.75) is 19.0 Å². The van der Waals surface area contributed by atoms with E-state index in [1.807, 2.05) is 0 Å². The molecular formula is C10H12F3N3. The van der Waals surface area contributed by atoms with Crippen molar-refractivity contribution in [2.24, 2.45) is 0 Å². The largest absolute Gasteiger partial charge is 0.420 e. The summed E-state index contributed by atoms with van der Waals surface area (Å²) in [5.74, 6) is -0.429. The van der Waals surface area contributed by atoms with Gasteiger partial charge in [-0.2, -0.15) is 13.2 Å². The highest BCUT2D eigenvalue weighted by Crippen LogP contribution is 2.37. The molecule has 0 amide bonds. The summed E-state index contributed by atoms with van der Waals surface area (Å²) in [6, 6.07) is 1.09. The van der Waals surface area contributed by atoms with Crippen LogP contribution >= 0.6 is 0 Å². The predicted octanol–water partition coefficient (Wildman–Crippen LogP) is 2.07. The standard InChI is InChI=1S/C10H12F3N3/c1-16-4-2-3-7-8(16)5-6(9(14)15-7)10(11,12)13/h5H,2-4H2,1H3,(H2,14,15). The molecule has 0 bridgehead atoms. The highest BCUT2D eigenvalue weighted by molar-refractivity contribution is 5.59. The smallest absolute Gasteiger partial charge is 0.383 e. The summed E-state index contributed by atoms with van der Waals surface area (Å²) < 4.78 is 37.8. The molecule has 2 N–H and O–H groups in total. The van der Waals surface area contributed by atoms with Gasteiger partial charge in [-0.05, 0) is 18.9 Å². The van der Waals surface area contributed by atoms with Gasteiger partial charge in [-0.3, -0.25) is 0 Å². The van der Waals surface area contributed by atoms with Gasteiger partial charge in [0.2, 0.25) is 0 Å². The van der Waals surface area contributed by atoms with Crippen LogP contribution in [-0.4, -0.2) is 18.6 Å². The Morgan fingerprint density at radius 3 is 2.75 bits per heavy atom. The first-order valence-electron chi connectivity index (χ1n) is 4.97. The molecule has 0 unspecified atom stereocenters. The molecule has 0 saturated carbocycles. The van der Waals surface area contributed by atoms with E-state index >= 15 is 0 Å². The third kappa shape index (κ3) is 1.79. The first-order valence-corrected chi connectivity index (χ1v) is 4.97. The van der Waals surface area contributed by atoms with Gasteiger partial charge in [-0.25, -0.2) is 4.98 Å². The molecule has 6 heteroatoms. The number of nitrogens with zero attached hydrogens (tertiary/aromatic N) is 2. The molecule has 16 heavy (non-hydrogen) atoms. The van der Waals surface area contributed by atoms with Crippen molar-refractivity contribution in [3.05, 3.63) is 17.3 Å². The zero-order chi connectivity index (χ0) is 11.9. The lowest BCUT2D eigenvalue weighted by atomic mass is 10.1. The van der Waals surface area contributed by atoms with Crippen LogP contribution in [0.3, 0.4) is 0 Å². The molecule has 88 valence electrons. The lowest BCUT2D eigenvalue weighted by Crippen LogP contribution is -2.27. The highest BCUT2D eigenvalue weighted by Gasteiger charge is 2.35. The van der Waals surface area contributed by atoms with Gasteiger partial charge in [0, 0.05) is 13.6 Å². The Bertz CT molecular complexity index is 415. The molecule has 0 atom stereocenters. The molecule has 0 radical (unpaired) electrons. The van der Waals surface area contributed by atoms with Crippen LogP contribution in [-0.2, 0) is 12.6 Å². The number of nitrogen functional groups attached to an aromatic ring is 1. The van der Waals surface area contributed by atoms with Crippen LogP contribution in [0.2, 0.25) is 0 Å². The van der Waals surface area contributed by atoms with E-state index in [9.17, 15) is 13.2 Å². The zero-order valence-electron chi connectivity index (χ0n) is 8.80. The van der Waals surface area contributed by atoms with Gasteiger partial charge in [0.1, 0.15) is 5.82 Å². The summed E-state index contributed by atoms with van der Waals surface area (Å²) in [6.07, 6.45) is -2.87. The van der Waals surface area contributed by atoms with Crippen molar-refractivity contribution >= 4 is 11.5 Å². The Labute approximate surface area is 91.1 Å². The second-order valence-electron chi connectivity index (χ2n) is 3.91. The number of halogens is 3. The minimum absolute atomic E-state index is 0.429. The number of hydrogen-bond acceptors (Lipinski definition) is 3. The molecule has 2 rings (SSSR count). The number of alkyl halides is 3. The first kappa shape index (κ1) is 11.0. The number of nitrogens with two attached hydrogens (primary N) is 1. The topological polar surface area (TPSA) is 42.2 Å². The van der Waals surface area contributed by atoms with Crippen LogP contribution in [0.15, 0.2) is 6.07 Å².